The van der Waals surface area contributed by atoms with Gasteiger partial charge in [0, 0.05) is 25.2 Å². The predicted octanol–water partition coefficient (Wildman–Crippen LogP) is 2.02. The zero-order valence-corrected chi connectivity index (χ0v) is 18.8. The maximum Gasteiger partial charge on any atom is 0.229 e. The van der Waals surface area contributed by atoms with E-state index in [0.717, 1.165) is 16.8 Å². The third-order valence-electron chi connectivity index (χ3n) is 5.78. The molecule has 1 unspecified atom stereocenters. The van der Waals surface area contributed by atoms with Gasteiger partial charge < -0.3 is 19.7 Å². The SMILES string of the molecule is COc1ccc(CCN2CC(C(=O)Nc3ccc(C)c(-n4cnnn4)c3)CC2=O)cc1OC. The highest BCUT2D eigenvalue weighted by molar-refractivity contribution is 5.97. The number of carbonyl (C=O) groups excluding carboxylic acids is 2. The van der Waals surface area contributed by atoms with E-state index in [1.165, 1.54) is 6.33 Å². The molecule has 172 valence electrons. The molecule has 0 spiro atoms. The zero-order valence-electron chi connectivity index (χ0n) is 18.8. The molecule has 2 aromatic carbocycles. The van der Waals surface area contributed by atoms with Gasteiger partial charge in [0.25, 0.3) is 0 Å². The van der Waals surface area contributed by atoms with E-state index in [2.05, 4.69) is 20.8 Å². The molecule has 0 aliphatic carbocycles. The summed E-state index contributed by atoms with van der Waals surface area (Å²) in [6, 6.07) is 11.2. The lowest BCUT2D eigenvalue weighted by Crippen LogP contribution is -2.30. The number of nitrogens with one attached hydrogen (secondary N) is 1. The number of anilines is 1. The van der Waals surface area contributed by atoms with Gasteiger partial charge >= 0.3 is 0 Å². The van der Waals surface area contributed by atoms with Gasteiger partial charge in [-0.3, -0.25) is 9.59 Å². The van der Waals surface area contributed by atoms with Gasteiger partial charge in [0.15, 0.2) is 11.5 Å². The van der Waals surface area contributed by atoms with Crippen LogP contribution in [0.4, 0.5) is 5.69 Å². The summed E-state index contributed by atoms with van der Waals surface area (Å²) in [4.78, 5) is 27.1. The first kappa shape index (κ1) is 22.3. The van der Waals surface area contributed by atoms with Crippen LogP contribution in [0.25, 0.3) is 5.69 Å². The number of aromatic nitrogens is 4. The average molecular weight is 450 g/mol. The topological polar surface area (TPSA) is 111 Å². The summed E-state index contributed by atoms with van der Waals surface area (Å²) in [5.41, 5.74) is 3.41. The molecular formula is C23H26N6O4. The Bertz CT molecular complexity index is 1150. The Morgan fingerprint density at radius 3 is 2.70 bits per heavy atom. The number of rotatable bonds is 8. The van der Waals surface area contributed by atoms with Gasteiger partial charge in [0.05, 0.1) is 25.8 Å². The summed E-state index contributed by atoms with van der Waals surface area (Å²) in [5, 5.41) is 14.1. The average Bonchev–Trinajstić information content (AvgIpc) is 3.48. The van der Waals surface area contributed by atoms with E-state index in [1.807, 2.05) is 43.3 Å². The Labute approximate surface area is 191 Å². The van der Waals surface area contributed by atoms with Crippen LogP contribution in [0.15, 0.2) is 42.7 Å². The molecule has 4 rings (SSSR count). The van der Waals surface area contributed by atoms with E-state index in [0.29, 0.717) is 36.7 Å². The van der Waals surface area contributed by atoms with E-state index in [-0.39, 0.29) is 18.2 Å². The highest BCUT2D eigenvalue weighted by Gasteiger charge is 2.34. The first-order valence-corrected chi connectivity index (χ1v) is 10.6. The lowest BCUT2D eigenvalue weighted by Gasteiger charge is -2.17. The summed E-state index contributed by atoms with van der Waals surface area (Å²) in [6.07, 6.45) is 2.36. The van der Waals surface area contributed by atoms with Gasteiger partial charge in [-0.25, -0.2) is 4.68 Å². The van der Waals surface area contributed by atoms with Crippen molar-refractivity contribution in [3.63, 3.8) is 0 Å². The van der Waals surface area contributed by atoms with Crippen LogP contribution in [0.1, 0.15) is 17.5 Å². The van der Waals surface area contributed by atoms with E-state index < -0.39 is 5.92 Å². The second-order valence-corrected chi connectivity index (χ2v) is 7.93. The summed E-state index contributed by atoms with van der Waals surface area (Å²) in [6.45, 7) is 2.87. The lowest BCUT2D eigenvalue weighted by molar-refractivity contribution is -0.128. The smallest absolute Gasteiger partial charge is 0.229 e. The highest BCUT2D eigenvalue weighted by atomic mass is 16.5. The minimum atomic E-state index is -0.402. The van der Waals surface area contributed by atoms with Gasteiger partial charge in [0.1, 0.15) is 6.33 Å². The molecule has 1 aromatic heterocycles. The quantitative estimate of drug-likeness (QED) is 0.559. The Balaban J connectivity index is 1.36. The number of ether oxygens (including phenoxy) is 2. The third-order valence-corrected chi connectivity index (χ3v) is 5.78. The van der Waals surface area contributed by atoms with Crippen molar-refractivity contribution >= 4 is 17.5 Å². The van der Waals surface area contributed by atoms with Crippen LogP contribution in [-0.4, -0.2) is 64.2 Å². The molecule has 1 aliphatic rings. The van der Waals surface area contributed by atoms with Gasteiger partial charge in [-0.05, 0) is 59.2 Å². The molecule has 1 saturated heterocycles. The number of tetrazole rings is 1. The molecule has 3 aromatic rings. The molecule has 10 heteroatoms. The van der Waals surface area contributed by atoms with Crippen molar-refractivity contribution in [2.24, 2.45) is 5.92 Å². The second-order valence-electron chi connectivity index (χ2n) is 7.93. The summed E-state index contributed by atoms with van der Waals surface area (Å²) >= 11 is 0. The van der Waals surface area contributed by atoms with Crippen LogP contribution in [0.2, 0.25) is 0 Å². The van der Waals surface area contributed by atoms with Crippen molar-refractivity contribution in [1.82, 2.24) is 25.1 Å². The predicted molar refractivity (Wildman–Crippen MR) is 120 cm³/mol. The van der Waals surface area contributed by atoms with Crippen molar-refractivity contribution in [2.45, 2.75) is 19.8 Å². The Kier molecular flexibility index (Phi) is 6.53. The van der Waals surface area contributed by atoms with Crippen molar-refractivity contribution in [3.05, 3.63) is 53.9 Å². The van der Waals surface area contributed by atoms with E-state index in [1.54, 1.807) is 23.8 Å². The Hall–Kier alpha value is -3.95. The number of hydrogen-bond acceptors (Lipinski definition) is 7. The number of carbonyl (C=O) groups is 2. The van der Waals surface area contributed by atoms with E-state index >= 15 is 0 Å². The fourth-order valence-electron chi connectivity index (χ4n) is 3.91. The second kappa shape index (κ2) is 9.68. The Morgan fingerprint density at radius 1 is 1.15 bits per heavy atom. The molecular weight excluding hydrogens is 424 g/mol. The zero-order chi connectivity index (χ0) is 23.4. The normalized spacial score (nSPS) is 15.5. The summed E-state index contributed by atoms with van der Waals surface area (Å²) in [7, 11) is 3.18. The van der Waals surface area contributed by atoms with Crippen LogP contribution in [0.5, 0.6) is 11.5 Å². The molecule has 0 radical (unpaired) electrons. The minimum Gasteiger partial charge on any atom is -0.493 e. The van der Waals surface area contributed by atoms with E-state index in [4.69, 9.17) is 9.47 Å². The molecule has 1 N–H and O–H groups in total. The van der Waals surface area contributed by atoms with Crippen LogP contribution < -0.4 is 14.8 Å². The third kappa shape index (κ3) is 4.94. The van der Waals surface area contributed by atoms with Crippen LogP contribution in [-0.2, 0) is 16.0 Å². The van der Waals surface area contributed by atoms with Crippen molar-refractivity contribution < 1.29 is 19.1 Å². The van der Waals surface area contributed by atoms with Crippen molar-refractivity contribution in [2.75, 3.05) is 32.6 Å². The lowest BCUT2D eigenvalue weighted by atomic mass is 10.1. The molecule has 0 bridgehead atoms. The van der Waals surface area contributed by atoms with Crippen molar-refractivity contribution in [3.8, 4) is 17.2 Å². The van der Waals surface area contributed by atoms with Crippen LogP contribution in [0.3, 0.4) is 0 Å². The standard InChI is InChI=1S/C23H26N6O4/c1-15-4-6-18(12-19(15)29-14-24-26-27-29)25-23(31)17-11-22(30)28(13-17)9-8-16-5-7-20(32-2)21(10-16)33-3/h4-7,10,12,14,17H,8-9,11,13H2,1-3H3,(H,25,31). The molecule has 1 fully saturated rings. The number of nitrogens with zero attached hydrogens (tertiary/aromatic N) is 5. The molecule has 1 atom stereocenters. The monoisotopic (exact) mass is 450 g/mol. The van der Waals surface area contributed by atoms with Gasteiger partial charge in [-0.15, -0.1) is 5.10 Å². The first-order chi connectivity index (χ1) is 16.0. The molecule has 10 nitrogen and oxygen atoms in total. The fraction of sp³-hybridized carbons (Fsp3) is 0.348. The maximum atomic E-state index is 12.8. The maximum absolute atomic E-state index is 12.8. The first-order valence-electron chi connectivity index (χ1n) is 10.6. The van der Waals surface area contributed by atoms with Crippen LogP contribution >= 0.6 is 0 Å². The molecule has 1 aliphatic heterocycles. The molecule has 2 heterocycles. The Morgan fingerprint density at radius 2 is 1.97 bits per heavy atom. The minimum absolute atomic E-state index is 0.0195. The summed E-state index contributed by atoms with van der Waals surface area (Å²) in [5.74, 6) is 0.715. The van der Waals surface area contributed by atoms with E-state index in [9.17, 15) is 9.59 Å². The summed E-state index contributed by atoms with van der Waals surface area (Å²) < 4.78 is 12.2. The number of methoxy groups -OCH3 is 2. The number of benzene rings is 2. The number of amides is 2. The highest BCUT2D eigenvalue weighted by Crippen LogP contribution is 2.28. The molecule has 2 amide bonds. The molecule has 33 heavy (non-hydrogen) atoms. The van der Waals surface area contributed by atoms with Crippen molar-refractivity contribution in [1.29, 1.82) is 0 Å². The number of aryl methyl sites for hydroxylation is 1. The fourth-order valence-corrected chi connectivity index (χ4v) is 3.91. The number of likely N-dealkylation sites (tertiary alicyclic amines) is 1. The van der Waals surface area contributed by atoms with Crippen LogP contribution in [0, 0.1) is 12.8 Å². The largest absolute Gasteiger partial charge is 0.493 e. The molecule has 0 saturated carbocycles. The number of hydrogen-bond donors (Lipinski definition) is 1. The van der Waals surface area contributed by atoms with Gasteiger partial charge in [-0.2, -0.15) is 0 Å². The van der Waals surface area contributed by atoms with Gasteiger partial charge in [0.2, 0.25) is 11.8 Å². The van der Waals surface area contributed by atoms with Gasteiger partial charge in [-0.1, -0.05) is 12.1 Å².